The van der Waals surface area contributed by atoms with Crippen molar-refractivity contribution in [1.82, 2.24) is 15.3 Å². The number of aromatic amines is 1. The van der Waals surface area contributed by atoms with E-state index in [-0.39, 0.29) is 5.56 Å². The minimum Gasteiger partial charge on any atom is -0.309 e. The fraction of sp³-hybridized carbons (Fsp3) is 0.231. The molecule has 0 bridgehead atoms. The summed E-state index contributed by atoms with van der Waals surface area (Å²) in [6.07, 6.45) is 5.81. The van der Waals surface area contributed by atoms with E-state index in [0.29, 0.717) is 36.2 Å². The Hall–Kier alpha value is -2.12. The molecule has 0 aliphatic heterocycles. The topological polar surface area (TPSA) is 57.8 Å². The van der Waals surface area contributed by atoms with Gasteiger partial charge in [-0.15, -0.1) is 12.3 Å². The second-order valence-electron chi connectivity index (χ2n) is 3.66. The SMILES string of the molecule is C#CCCNCc1nc2ccccc2c(=O)[nH]1. The molecule has 0 amide bonds. The normalized spacial score (nSPS) is 10.3. The molecule has 4 nitrogen and oxygen atoms in total. The molecule has 17 heavy (non-hydrogen) atoms. The average molecular weight is 227 g/mol. The van der Waals surface area contributed by atoms with E-state index in [1.54, 1.807) is 6.07 Å². The highest BCUT2D eigenvalue weighted by Gasteiger charge is 2.01. The first kappa shape index (κ1) is 11.4. The molecule has 1 heterocycles. The van der Waals surface area contributed by atoms with Gasteiger partial charge in [-0.2, -0.15) is 0 Å². The van der Waals surface area contributed by atoms with Crippen LogP contribution in [0.4, 0.5) is 0 Å². The van der Waals surface area contributed by atoms with Gasteiger partial charge in [0.1, 0.15) is 5.82 Å². The molecule has 0 fully saturated rings. The van der Waals surface area contributed by atoms with Gasteiger partial charge in [-0.3, -0.25) is 4.79 Å². The smallest absolute Gasteiger partial charge is 0.258 e. The summed E-state index contributed by atoms with van der Waals surface area (Å²) >= 11 is 0. The summed E-state index contributed by atoms with van der Waals surface area (Å²) in [5, 5.41) is 3.73. The van der Waals surface area contributed by atoms with Gasteiger partial charge in [0.05, 0.1) is 17.4 Å². The third kappa shape index (κ3) is 2.71. The number of aromatic nitrogens is 2. The van der Waals surface area contributed by atoms with E-state index >= 15 is 0 Å². The molecule has 86 valence electrons. The predicted molar refractivity (Wildman–Crippen MR) is 67.5 cm³/mol. The first-order valence-electron chi connectivity index (χ1n) is 5.43. The minimum absolute atomic E-state index is 0.107. The van der Waals surface area contributed by atoms with Crippen molar-refractivity contribution < 1.29 is 0 Å². The van der Waals surface area contributed by atoms with Crippen LogP contribution < -0.4 is 10.9 Å². The van der Waals surface area contributed by atoms with Gasteiger partial charge in [0, 0.05) is 13.0 Å². The lowest BCUT2D eigenvalue weighted by atomic mass is 10.2. The van der Waals surface area contributed by atoms with Crippen molar-refractivity contribution in [3.05, 3.63) is 40.4 Å². The van der Waals surface area contributed by atoms with Gasteiger partial charge < -0.3 is 10.3 Å². The first-order chi connectivity index (χ1) is 8.31. The second-order valence-corrected chi connectivity index (χ2v) is 3.66. The van der Waals surface area contributed by atoms with Crippen LogP contribution in [0.1, 0.15) is 12.2 Å². The van der Waals surface area contributed by atoms with Gasteiger partial charge in [0.2, 0.25) is 0 Å². The van der Waals surface area contributed by atoms with Crippen LogP contribution in [0.2, 0.25) is 0 Å². The Kier molecular flexibility index (Phi) is 3.53. The summed E-state index contributed by atoms with van der Waals surface area (Å²) in [5.74, 6) is 3.17. The largest absolute Gasteiger partial charge is 0.309 e. The van der Waals surface area contributed by atoms with Crippen LogP contribution in [-0.2, 0) is 6.54 Å². The Morgan fingerprint density at radius 2 is 2.24 bits per heavy atom. The molecule has 0 saturated carbocycles. The van der Waals surface area contributed by atoms with E-state index in [1.807, 2.05) is 18.2 Å². The third-order valence-corrected chi connectivity index (χ3v) is 2.40. The zero-order valence-corrected chi connectivity index (χ0v) is 9.36. The van der Waals surface area contributed by atoms with Gasteiger partial charge in [0.25, 0.3) is 5.56 Å². The van der Waals surface area contributed by atoms with Gasteiger partial charge in [0.15, 0.2) is 0 Å². The number of nitrogens with one attached hydrogen (secondary N) is 2. The summed E-state index contributed by atoms with van der Waals surface area (Å²) in [6, 6.07) is 7.28. The van der Waals surface area contributed by atoms with Crippen LogP contribution in [0.5, 0.6) is 0 Å². The lowest BCUT2D eigenvalue weighted by molar-refractivity contribution is 0.671. The van der Waals surface area contributed by atoms with E-state index in [2.05, 4.69) is 21.2 Å². The molecule has 2 aromatic rings. The molecule has 0 radical (unpaired) electrons. The fourth-order valence-electron chi connectivity index (χ4n) is 1.59. The lowest BCUT2D eigenvalue weighted by Crippen LogP contribution is -2.20. The van der Waals surface area contributed by atoms with Gasteiger partial charge in [-0.25, -0.2) is 4.98 Å². The number of hydrogen-bond donors (Lipinski definition) is 2. The summed E-state index contributed by atoms with van der Waals surface area (Å²) in [5.41, 5.74) is 0.606. The van der Waals surface area contributed by atoms with Crippen molar-refractivity contribution in [3.63, 3.8) is 0 Å². The number of terminal acetylenes is 1. The summed E-state index contributed by atoms with van der Waals surface area (Å²) in [6.45, 7) is 1.23. The molecular formula is C13H13N3O. The second kappa shape index (κ2) is 5.28. The Morgan fingerprint density at radius 1 is 1.41 bits per heavy atom. The van der Waals surface area contributed by atoms with Crippen molar-refractivity contribution in [3.8, 4) is 12.3 Å². The molecule has 2 rings (SSSR count). The predicted octanol–water partition coefficient (Wildman–Crippen LogP) is 1.04. The molecule has 0 atom stereocenters. The van der Waals surface area contributed by atoms with Crippen LogP contribution in [-0.4, -0.2) is 16.5 Å². The highest BCUT2D eigenvalue weighted by atomic mass is 16.1. The molecule has 0 aliphatic rings. The Morgan fingerprint density at radius 3 is 3.06 bits per heavy atom. The Balaban J connectivity index is 2.20. The molecule has 0 saturated heterocycles. The first-order valence-corrected chi connectivity index (χ1v) is 5.43. The average Bonchev–Trinajstić information content (AvgIpc) is 2.35. The van der Waals surface area contributed by atoms with E-state index in [1.165, 1.54) is 0 Å². The van der Waals surface area contributed by atoms with E-state index in [0.717, 1.165) is 0 Å². The zero-order valence-electron chi connectivity index (χ0n) is 9.36. The van der Waals surface area contributed by atoms with Crippen molar-refractivity contribution in [2.24, 2.45) is 0 Å². The molecule has 1 aromatic carbocycles. The molecule has 0 unspecified atom stereocenters. The maximum Gasteiger partial charge on any atom is 0.258 e. The van der Waals surface area contributed by atoms with Crippen molar-refractivity contribution in [2.75, 3.05) is 6.54 Å². The number of para-hydroxylation sites is 1. The highest BCUT2D eigenvalue weighted by molar-refractivity contribution is 5.77. The minimum atomic E-state index is -0.107. The Bertz CT molecular complexity index is 610. The van der Waals surface area contributed by atoms with Gasteiger partial charge in [-0.05, 0) is 12.1 Å². The number of H-pyrrole nitrogens is 1. The van der Waals surface area contributed by atoms with Crippen LogP contribution in [0, 0.1) is 12.3 Å². The molecule has 0 spiro atoms. The van der Waals surface area contributed by atoms with Crippen molar-refractivity contribution >= 4 is 10.9 Å². The molecule has 0 aliphatic carbocycles. The number of nitrogens with zero attached hydrogens (tertiary/aromatic N) is 1. The molecule has 4 heteroatoms. The van der Waals surface area contributed by atoms with Crippen LogP contribution in [0.25, 0.3) is 10.9 Å². The molecule has 1 aromatic heterocycles. The maximum absolute atomic E-state index is 11.7. The number of benzene rings is 1. The third-order valence-electron chi connectivity index (χ3n) is 2.40. The number of rotatable bonds is 4. The van der Waals surface area contributed by atoms with Crippen LogP contribution >= 0.6 is 0 Å². The quantitative estimate of drug-likeness (QED) is 0.606. The summed E-state index contributed by atoms with van der Waals surface area (Å²) in [7, 11) is 0. The van der Waals surface area contributed by atoms with Gasteiger partial charge in [-0.1, -0.05) is 12.1 Å². The van der Waals surface area contributed by atoms with Gasteiger partial charge >= 0.3 is 0 Å². The number of hydrogen-bond acceptors (Lipinski definition) is 3. The van der Waals surface area contributed by atoms with Crippen molar-refractivity contribution in [2.45, 2.75) is 13.0 Å². The standard InChI is InChI=1S/C13H13N3O/c1-2-3-8-14-9-12-15-11-7-5-4-6-10(11)13(17)16-12/h1,4-7,14H,3,8-9H2,(H,15,16,17). The van der Waals surface area contributed by atoms with Crippen molar-refractivity contribution in [1.29, 1.82) is 0 Å². The van der Waals surface area contributed by atoms with E-state index in [4.69, 9.17) is 6.42 Å². The van der Waals surface area contributed by atoms with Crippen LogP contribution in [0.3, 0.4) is 0 Å². The highest BCUT2D eigenvalue weighted by Crippen LogP contribution is 2.05. The molecular weight excluding hydrogens is 214 g/mol. The fourth-order valence-corrected chi connectivity index (χ4v) is 1.59. The van der Waals surface area contributed by atoms with Crippen LogP contribution in [0.15, 0.2) is 29.1 Å². The van der Waals surface area contributed by atoms with E-state index in [9.17, 15) is 4.79 Å². The monoisotopic (exact) mass is 227 g/mol. The summed E-state index contributed by atoms with van der Waals surface area (Å²) < 4.78 is 0. The Labute approximate surface area is 99.1 Å². The number of fused-ring (bicyclic) bond motifs is 1. The molecule has 2 N–H and O–H groups in total. The van der Waals surface area contributed by atoms with E-state index < -0.39 is 0 Å². The maximum atomic E-state index is 11.7. The zero-order chi connectivity index (χ0) is 12.1. The summed E-state index contributed by atoms with van der Waals surface area (Å²) in [4.78, 5) is 18.8. The lowest BCUT2D eigenvalue weighted by Gasteiger charge is -2.03.